The van der Waals surface area contributed by atoms with Crippen molar-refractivity contribution in [2.24, 2.45) is 0 Å². The van der Waals surface area contributed by atoms with Gasteiger partial charge in [-0.25, -0.2) is 4.98 Å². The van der Waals surface area contributed by atoms with Crippen LogP contribution in [-0.4, -0.2) is 23.3 Å². The van der Waals surface area contributed by atoms with Crippen LogP contribution in [0.15, 0.2) is 46.0 Å². The smallest absolute Gasteiger partial charge is 0.257 e. The first-order valence-electron chi connectivity index (χ1n) is 7.33. The third-order valence-electron chi connectivity index (χ3n) is 3.40. The minimum atomic E-state index is -0.413. The SMILES string of the molecule is COc1ccc(NC(=O)[C@@H](C)Sc2nc3ccc(Cl)cc3o2)cc1Cl. The molecular weight excluding hydrogens is 383 g/mol. The Labute approximate surface area is 158 Å². The van der Waals surface area contributed by atoms with E-state index < -0.39 is 5.25 Å². The van der Waals surface area contributed by atoms with Crippen molar-refractivity contribution in [3.05, 3.63) is 46.4 Å². The van der Waals surface area contributed by atoms with Gasteiger partial charge in [0.1, 0.15) is 11.3 Å². The first-order chi connectivity index (χ1) is 12.0. The Kier molecular flexibility index (Phi) is 5.42. The van der Waals surface area contributed by atoms with Crippen LogP contribution in [0.2, 0.25) is 10.0 Å². The van der Waals surface area contributed by atoms with E-state index in [9.17, 15) is 4.79 Å². The number of anilines is 1. The molecule has 0 spiro atoms. The summed E-state index contributed by atoms with van der Waals surface area (Å²) in [5.74, 6) is 0.360. The van der Waals surface area contributed by atoms with Crippen LogP contribution in [0.3, 0.4) is 0 Å². The molecule has 3 rings (SSSR count). The van der Waals surface area contributed by atoms with E-state index in [1.165, 1.54) is 18.9 Å². The predicted molar refractivity (Wildman–Crippen MR) is 101 cm³/mol. The summed E-state index contributed by atoms with van der Waals surface area (Å²) in [6.45, 7) is 1.77. The van der Waals surface area contributed by atoms with Crippen molar-refractivity contribution in [1.29, 1.82) is 0 Å². The van der Waals surface area contributed by atoms with E-state index in [0.29, 0.717) is 37.8 Å². The van der Waals surface area contributed by atoms with Gasteiger partial charge in [-0.3, -0.25) is 4.79 Å². The van der Waals surface area contributed by atoms with Crippen molar-refractivity contribution in [3.63, 3.8) is 0 Å². The summed E-state index contributed by atoms with van der Waals surface area (Å²) in [5.41, 5.74) is 1.87. The van der Waals surface area contributed by atoms with Gasteiger partial charge in [-0.05, 0) is 37.3 Å². The lowest BCUT2D eigenvalue weighted by Gasteiger charge is -2.11. The fourth-order valence-electron chi connectivity index (χ4n) is 2.12. The molecule has 0 saturated heterocycles. The number of hydrogen-bond acceptors (Lipinski definition) is 5. The highest BCUT2D eigenvalue weighted by atomic mass is 35.5. The van der Waals surface area contributed by atoms with Crippen LogP contribution < -0.4 is 10.1 Å². The molecule has 0 aliphatic carbocycles. The number of nitrogens with zero attached hydrogens (tertiary/aromatic N) is 1. The van der Waals surface area contributed by atoms with Crippen LogP contribution in [0, 0.1) is 0 Å². The van der Waals surface area contributed by atoms with E-state index in [4.69, 9.17) is 32.4 Å². The molecule has 1 atom stereocenters. The summed E-state index contributed by atoms with van der Waals surface area (Å²) in [4.78, 5) is 16.7. The van der Waals surface area contributed by atoms with Crippen LogP contribution in [0.4, 0.5) is 5.69 Å². The number of fused-ring (bicyclic) bond motifs is 1. The Hall–Kier alpha value is -1.89. The molecule has 25 heavy (non-hydrogen) atoms. The first-order valence-corrected chi connectivity index (χ1v) is 8.97. The number of hydrogen-bond donors (Lipinski definition) is 1. The molecule has 8 heteroatoms. The zero-order chi connectivity index (χ0) is 18.0. The van der Waals surface area contributed by atoms with E-state index in [-0.39, 0.29) is 5.91 Å². The highest BCUT2D eigenvalue weighted by Gasteiger charge is 2.18. The standard InChI is InChI=1S/C17H14Cl2N2O3S/c1-9(16(22)20-11-4-6-14(23-2)12(19)8-11)25-17-21-13-5-3-10(18)7-15(13)24-17/h3-9H,1-2H3,(H,20,22)/t9-/m1/s1. The van der Waals surface area contributed by atoms with E-state index in [2.05, 4.69) is 10.3 Å². The maximum atomic E-state index is 12.4. The average molecular weight is 397 g/mol. The Morgan fingerprint density at radius 3 is 2.80 bits per heavy atom. The fourth-order valence-corrected chi connectivity index (χ4v) is 3.30. The van der Waals surface area contributed by atoms with Crippen molar-refractivity contribution in [1.82, 2.24) is 4.98 Å². The molecule has 0 bridgehead atoms. The van der Waals surface area contributed by atoms with Crippen molar-refractivity contribution >= 4 is 57.7 Å². The molecule has 3 aromatic rings. The molecule has 2 aromatic carbocycles. The monoisotopic (exact) mass is 396 g/mol. The second kappa shape index (κ2) is 7.56. The number of oxazole rings is 1. The van der Waals surface area contributed by atoms with Crippen LogP contribution in [-0.2, 0) is 4.79 Å². The number of carbonyl (C=O) groups is 1. The molecule has 130 valence electrons. The topological polar surface area (TPSA) is 64.4 Å². The van der Waals surface area contributed by atoms with Crippen LogP contribution in [0.5, 0.6) is 5.75 Å². The lowest BCUT2D eigenvalue weighted by molar-refractivity contribution is -0.115. The van der Waals surface area contributed by atoms with Crippen molar-refractivity contribution in [2.75, 3.05) is 12.4 Å². The predicted octanol–water partition coefficient (Wildman–Crippen LogP) is 5.26. The number of methoxy groups -OCH3 is 1. The Morgan fingerprint density at radius 2 is 2.08 bits per heavy atom. The summed E-state index contributed by atoms with van der Waals surface area (Å²) < 4.78 is 10.7. The maximum absolute atomic E-state index is 12.4. The van der Waals surface area contributed by atoms with Crippen molar-refractivity contribution < 1.29 is 13.9 Å². The van der Waals surface area contributed by atoms with Gasteiger partial charge in [-0.1, -0.05) is 35.0 Å². The minimum Gasteiger partial charge on any atom is -0.495 e. The maximum Gasteiger partial charge on any atom is 0.257 e. The fraction of sp³-hybridized carbons (Fsp3) is 0.176. The second-order valence-electron chi connectivity index (χ2n) is 5.19. The molecule has 5 nitrogen and oxygen atoms in total. The summed E-state index contributed by atoms with van der Waals surface area (Å²) in [7, 11) is 1.53. The number of thioether (sulfide) groups is 1. The van der Waals surface area contributed by atoms with Crippen LogP contribution in [0.25, 0.3) is 11.1 Å². The normalized spacial score (nSPS) is 12.2. The summed E-state index contributed by atoms with van der Waals surface area (Å²) in [6, 6.07) is 10.3. The zero-order valence-electron chi connectivity index (χ0n) is 13.4. The molecule has 0 fully saturated rings. The minimum absolute atomic E-state index is 0.188. The molecule has 1 N–H and O–H groups in total. The third-order valence-corrected chi connectivity index (χ3v) is 4.87. The Bertz CT molecular complexity index is 929. The summed E-state index contributed by atoms with van der Waals surface area (Å²) in [5, 5.41) is 3.80. The van der Waals surface area contributed by atoms with Gasteiger partial charge < -0.3 is 14.5 Å². The third kappa shape index (κ3) is 4.21. The van der Waals surface area contributed by atoms with Crippen LogP contribution >= 0.6 is 35.0 Å². The number of aromatic nitrogens is 1. The quantitative estimate of drug-likeness (QED) is 0.595. The van der Waals surface area contributed by atoms with Gasteiger partial charge in [-0.15, -0.1) is 0 Å². The van der Waals surface area contributed by atoms with Gasteiger partial charge in [-0.2, -0.15) is 0 Å². The number of carbonyl (C=O) groups excluding carboxylic acids is 1. The highest BCUT2D eigenvalue weighted by molar-refractivity contribution is 8.00. The number of halogens is 2. The van der Waals surface area contributed by atoms with E-state index in [1.807, 2.05) is 0 Å². The summed E-state index contributed by atoms with van der Waals surface area (Å²) in [6.07, 6.45) is 0. The zero-order valence-corrected chi connectivity index (χ0v) is 15.7. The van der Waals surface area contributed by atoms with Crippen molar-refractivity contribution in [3.8, 4) is 5.75 Å². The first kappa shape index (κ1) is 17.9. The van der Waals surface area contributed by atoms with Crippen molar-refractivity contribution in [2.45, 2.75) is 17.4 Å². The van der Waals surface area contributed by atoms with Gasteiger partial charge in [0.2, 0.25) is 5.91 Å². The molecule has 0 radical (unpaired) electrons. The second-order valence-corrected chi connectivity index (χ2v) is 7.33. The van der Waals surface area contributed by atoms with E-state index >= 15 is 0 Å². The lowest BCUT2D eigenvalue weighted by atomic mass is 10.3. The van der Waals surface area contributed by atoms with Gasteiger partial charge in [0, 0.05) is 16.8 Å². The molecular formula is C17H14Cl2N2O3S. The molecule has 1 heterocycles. The highest BCUT2D eigenvalue weighted by Crippen LogP contribution is 2.30. The number of ether oxygens (including phenoxy) is 1. The van der Waals surface area contributed by atoms with Gasteiger partial charge in [0.05, 0.1) is 17.4 Å². The largest absolute Gasteiger partial charge is 0.495 e. The summed E-state index contributed by atoms with van der Waals surface area (Å²) >= 11 is 13.2. The van der Waals surface area contributed by atoms with Gasteiger partial charge >= 0.3 is 0 Å². The lowest BCUT2D eigenvalue weighted by Crippen LogP contribution is -2.22. The number of amides is 1. The van der Waals surface area contributed by atoms with Gasteiger partial charge in [0.15, 0.2) is 5.58 Å². The molecule has 0 saturated carbocycles. The Morgan fingerprint density at radius 1 is 1.28 bits per heavy atom. The van der Waals surface area contributed by atoms with Crippen LogP contribution in [0.1, 0.15) is 6.92 Å². The van der Waals surface area contributed by atoms with E-state index in [1.54, 1.807) is 43.3 Å². The Balaban J connectivity index is 1.68. The number of nitrogens with one attached hydrogen (secondary N) is 1. The molecule has 1 amide bonds. The number of rotatable bonds is 5. The van der Waals surface area contributed by atoms with E-state index in [0.717, 1.165) is 0 Å². The molecule has 1 aromatic heterocycles. The number of benzene rings is 2. The molecule has 0 aliphatic heterocycles. The average Bonchev–Trinajstić information content (AvgIpc) is 2.96. The van der Waals surface area contributed by atoms with Gasteiger partial charge in [0.25, 0.3) is 5.22 Å². The molecule has 0 unspecified atom stereocenters. The molecule has 0 aliphatic rings.